The minimum absolute atomic E-state index is 0.0764. The topological polar surface area (TPSA) is 62.7 Å². The van der Waals surface area contributed by atoms with Gasteiger partial charge in [-0.1, -0.05) is 12.1 Å². The molecule has 25 heavy (non-hydrogen) atoms. The second-order valence-electron chi connectivity index (χ2n) is 7.00. The summed E-state index contributed by atoms with van der Waals surface area (Å²) in [4.78, 5) is 19.0. The fourth-order valence-electron chi connectivity index (χ4n) is 3.41. The van der Waals surface area contributed by atoms with Crippen LogP contribution < -0.4 is 4.74 Å². The molecule has 1 N–H and O–H groups in total. The van der Waals surface area contributed by atoms with E-state index in [0.717, 1.165) is 29.7 Å². The monoisotopic (exact) mass is 340 g/mol. The molecule has 0 radical (unpaired) electrons. The lowest BCUT2D eigenvalue weighted by Gasteiger charge is -2.33. The molecule has 0 bridgehead atoms. The summed E-state index contributed by atoms with van der Waals surface area (Å²) in [6, 6.07) is 9.35. The summed E-state index contributed by atoms with van der Waals surface area (Å²) in [7, 11) is 1.63. The first-order valence-corrected chi connectivity index (χ1v) is 8.53. The quantitative estimate of drug-likeness (QED) is 0.929. The fourth-order valence-corrected chi connectivity index (χ4v) is 3.41. The van der Waals surface area contributed by atoms with E-state index in [0.29, 0.717) is 12.1 Å². The standard InChI is InChI=1S/C20H24N2O3/c1-20(2,24)18-5-4-10-22(18)19(23)16-11-15(12-21-13-16)14-6-8-17(25-3)9-7-14/h6-9,11-13,18,24H,4-5,10H2,1-3H3. The maximum Gasteiger partial charge on any atom is 0.255 e. The Morgan fingerprint density at radius 3 is 2.60 bits per heavy atom. The van der Waals surface area contributed by atoms with Gasteiger partial charge in [0, 0.05) is 24.5 Å². The Hall–Kier alpha value is -2.40. The van der Waals surface area contributed by atoms with Crippen molar-refractivity contribution in [3.05, 3.63) is 48.3 Å². The molecule has 1 aromatic heterocycles. The van der Waals surface area contributed by atoms with Crippen molar-refractivity contribution in [1.29, 1.82) is 0 Å². The minimum Gasteiger partial charge on any atom is -0.497 e. The molecule has 1 fully saturated rings. The summed E-state index contributed by atoms with van der Waals surface area (Å²) in [5.74, 6) is 0.710. The third-order valence-corrected chi connectivity index (χ3v) is 4.74. The molecular weight excluding hydrogens is 316 g/mol. The first-order valence-electron chi connectivity index (χ1n) is 8.53. The number of methoxy groups -OCH3 is 1. The molecule has 0 saturated carbocycles. The number of likely N-dealkylation sites (tertiary alicyclic amines) is 1. The Kier molecular flexibility index (Phi) is 4.77. The minimum atomic E-state index is -0.910. The average Bonchev–Trinajstić information content (AvgIpc) is 3.11. The second kappa shape index (κ2) is 6.84. The van der Waals surface area contributed by atoms with Gasteiger partial charge in [0.05, 0.1) is 24.3 Å². The fraction of sp³-hybridized carbons (Fsp3) is 0.400. The van der Waals surface area contributed by atoms with Gasteiger partial charge in [-0.2, -0.15) is 0 Å². The largest absolute Gasteiger partial charge is 0.497 e. The van der Waals surface area contributed by atoms with Crippen LogP contribution in [0.1, 0.15) is 37.0 Å². The molecule has 2 heterocycles. The van der Waals surface area contributed by atoms with Crippen molar-refractivity contribution in [2.24, 2.45) is 0 Å². The molecule has 0 aliphatic carbocycles. The van der Waals surface area contributed by atoms with E-state index >= 15 is 0 Å². The van der Waals surface area contributed by atoms with E-state index in [2.05, 4.69) is 4.98 Å². The van der Waals surface area contributed by atoms with Gasteiger partial charge in [0.15, 0.2) is 0 Å². The van der Waals surface area contributed by atoms with Crippen molar-refractivity contribution in [3.8, 4) is 16.9 Å². The summed E-state index contributed by atoms with van der Waals surface area (Å²) in [5.41, 5.74) is 1.49. The van der Waals surface area contributed by atoms with Gasteiger partial charge in [-0.05, 0) is 50.5 Å². The number of aliphatic hydroxyl groups is 1. The Labute approximate surface area is 148 Å². The van der Waals surface area contributed by atoms with Crippen molar-refractivity contribution in [2.45, 2.75) is 38.3 Å². The van der Waals surface area contributed by atoms with Crippen LogP contribution in [0.15, 0.2) is 42.7 Å². The molecule has 1 unspecified atom stereocenters. The van der Waals surface area contributed by atoms with Crippen LogP contribution in [0.2, 0.25) is 0 Å². The average molecular weight is 340 g/mol. The highest BCUT2D eigenvalue weighted by Crippen LogP contribution is 2.29. The van der Waals surface area contributed by atoms with Crippen LogP contribution in [0.4, 0.5) is 0 Å². The zero-order chi connectivity index (χ0) is 18.0. The number of carbonyl (C=O) groups is 1. The van der Waals surface area contributed by atoms with Crippen LogP contribution in [-0.2, 0) is 0 Å². The van der Waals surface area contributed by atoms with Crippen molar-refractivity contribution >= 4 is 5.91 Å². The highest BCUT2D eigenvalue weighted by Gasteiger charge is 2.38. The lowest BCUT2D eigenvalue weighted by atomic mass is 9.96. The van der Waals surface area contributed by atoms with E-state index < -0.39 is 5.60 Å². The number of benzene rings is 1. The van der Waals surface area contributed by atoms with Crippen LogP contribution in [0.25, 0.3) is 11.1 Å². The zero-order valence-corrected chi connectivity index (χ0v) is 14.9. The van der Waals surface area contributed by atoms with E-state index in [9.17, 15) is 9.90 Å². The molecule has 1 aliphatic rings. The van der Waals surface area contributed by atoms with Crippen LogP contribution >= 0.6 is 0 Å². The van der Waals surface area contributed by atoms with E-state index in [1.54, 1.807) is 38.3 Å². The number of hydrogen-bond donors (Lipinski definition) is 1. The maximum absolute atomic E-state index is 12.9. The van der Waals surface area contributed by atoms with Crippen LogP contribution in [0, 0.1) is 0 Å². The SMILES string of the molecule is COc1ccc(-c2cncc(C(=O)N3CCCC3C(C)(C)O)c2)cc1. The number of rotatable bonds is 4. The van der Waals surface area contributed by atoms with E-state index in [-0.39, 0.29) is 11.9 Å². The molecule has 2 aromatic rings. The smallest absolute Gasteiger partial charge is 0.255 e. The zero-order valence-electron chi connectivity index (χ0n) is 14.9. The van der Waals surface area contributed by atoms with Crippen LogP contribution in [-0.4, -0.2) is 46.2 Å². The van der Waals surface area contributed by atoms with Gasteiger partial charge < -0.3 is 14.7 Å². The summed E-state index contributed by atoms with van der Waals surface area (Å²) in [5, 5.41) is 10.3. The van der Waals surface area contributed by atoms with E-state index in [1.807, 2.05) is 30.3 Å². The summed E-state index contributed by atoms with van der Waals surface area (Å²) >= 11 is 0. The second-order valence-corrected chi connectivity index (χ2v) is 7.00. The van der Waals surface area contributed by atoms with Crippen molar-refractivity contribution in [2.75, 3.05) is 13.7 Å². The highest BCUT2D eigenvalue weighted by atomic mass is 16.5. The molecule has 1 atom stereocenters. The number of hydrogen-bond acceptors (Lipinski definition) is 4. The van der Waals surface area contributed by atoms with Gasteiger partial charge in [0.1, 0.15) is 5.75 Å². The first-order chi connectivity index (χ1) is 11.9. The molecule has 132 valence electrons. The summed E-state index contributed by atoms with van der Waals surface area (Å²) < 4.78 is 5.18. The van der Waals surface area contributed by atoms with Crippen molar-refractivity contribution < 1.29 is 14.6 Å². The van der Waals surface area contributed by atoms with Gasteiger partial charge >= 0.3 is 0 Å². The molecule has 3 rings (SSSR count). The number of carbonyl (C=O) groups excluding carboxylic acids is 1. The number of amides is 1. The molecule has 1 amide bonds. The summed E-state index contributed by atoms with van der Waals surface area (Å²) in [6.07, 6.45) is 5.07. The van der Waals surface area contributed by atoms with Gasteiger partial charge in [0.25, 0.3) is 5.91 Å². The molecule has 0 spiro atoms. The normalized spacial score (nSPS) is 17.6. The predicted octanol–water partition coefficient (Wildman–Crippen LogP) is 3.13. The van der Waals surface area contributed by atoms with Gasteiger partial charge in [0.2, 0.25) is 0 Å². The predicted molar refractivity (Wildman–Crippen MR) is 96.6 cm³/mol. The number of ether oxygens (including phenoxy) is 1. The molecule has 5 heteroatoms. The Morgan fingerprint density at radius 1 is 1.24 bits per heavy atom. The van der Waals surface area contributed by atoms with E-state index in [4.69, 9.17) is 4.74 Å². The van der Waals surface area contributed by atoms with Crippen LogP contribution in [0.5, 0.6) is 5.75 Å². The number of pyridine rings is 1. The molecule has 1 aromatic carbocycles. The highest BCUT2D eigenvalue weighted by molar-refractivity contribution is 5.95. The number of nitrogens with zero attached hydrogens (tertiary/aromatic N) is 2. The van der Waals surface area contributed by atoms with Gasteiger partial charge in [-0.15, -0.1) is 0 Å². The Morgan fingerprint density at radius 2 is 1.96 bits per heavy atom. The maximum atomic E-state index is 12.9. The lowest BCUT2D eigenvalue weighted by Crippen LogP contribution is -2.48. The van der Waals surface area contributed by atoms with Gasteiger partial charge in [-0.3, -0.25) is 9.78 Å². The summed E-state index contributed by atoms with van der Waals surface area (Å²) in [6.45, 7) is 4.19. The Bertz CT molecular complexity index is 750. The van der Waals surface area contributed by atoms with E-state index in [1.165, 1.54) is 0 Å². The molecule has 1 saturated heterocycles. The first kappa shape index (κ1) is 17.4. The third kappa shape index (κ3) is 3.66. The lowest BCUT2D eigenvalue weighted by molar-refractivity contribution is 0.000322. The molecular formula is C20H24N2O3. The van der Waals surface area contributed by atoms with Crippen molar-refractivity contribution in [3.63, 3.8) is 0 Å². The van der Waals surface area contributed by atoms with Crippen LogP contribution in [0.3, 0.4) is 0 Å². The van der Waals surface area contributed by atoms with Gasteiger partial charge in [-0.25, -0.2) is 0 Å². The third-order valence-electron chi connectivity index (χ3n) is 4.74. The number of aromatic nitrogens is 1. The molecule has 5 nitrogen and oxygen atoms in total. The Balaban J connectivity index is 1.86. The molecule has 1 aliphatic heterocycles. The van der Waals surface area contributed by atoms with Crippen molar-refractivity contribution in [1.82, 2.24) is 9.88 Å².